The Morgan fingerprint density at radius 3 is 2.29 bits per heavy atom. The van der Waals surface area contributed by atoms with E-state index in [0.29, 0.717) is 13.0 Å². The quantitative estimate of drug-likeness (QED) is 0.451. The normalized spacial score (nSPS) is 16.6. The topological polar surface area (TPSA) is 67.4 Å². The maximum atomic E-state index is 12.5. The Hall–Kier alpha value is -0.910. The maximum Gasteiger partial charge on any atom is 0.407 e. The molecule has 1 saturated carbocycles. The number of carbonyl (C=O) groups is 2. The summed E-state index contributed by atoms with van der Waals surface area (Å²) >= 11 is 2.01. The largest absolute Gasteiger partial charge is 0.444 e. The fourth-order valence-corrected chi connectivity index (χ4v) is 4.88. The first-order chi connectivity index (χ1) is 13.2. The van der Waals surface area contributed by atoms with Gasteiger partial charge in [0.15, 0.2) is 0 Å². The number of amides is 2. The van der Waals surface area contributed by atoms with Crippen molar-refractivity contribution in [3.63, 3.8) is 0 Å². The van der Waals surface area contributed by atoms with E-state index in [1.807, 2.05) is 32.5 Å². The minimum Gasteiger partial charge on any atom is -0.444 e. The van der Waals surface area contributed by atoms with E-state index in [-0.39, 0.29) is 11.3 Å². The molecule has 28 heavy (non-hydrogen) atoms. The van der Waals surface area contributed by atoms with Gasteiger partial charge in [0.1, 0.15) is 5.60 Å². The van der Waals surface area contributed by atoms with Gasteiger partial charge in [-0.25, -0.2) is 4.79 Å². The van der Waals surface area contributed by atoms with Gasteiger partial charge in [-0.05, 0) is 64.0 Å². The second kappa shape index (κ2) is 12.6. The van der Waals surface area contributed by atoms with Gasteiger partial charge in [0, 0.05) is 24.8 Å². The van der Waals surface area contributed by atoms with Crippen LogP contribution in [0.2, 0.25) is 0 Å². The molecule has 0 aliphatic heterocycles. The SMILES string of the molecule is CCC(CC)SCCCNC(=O)CC1(CNC(=O)OC(C)(C)C)CCCCC1. The highest BCUT2D eigenvalue weighted by Gasteiger charge is 2.35. The minimum absolute atomic E-state index is 0.112. The lowest BCUT2D eigenvalue weighted by molar-refractivity contribution is -0.124. The summed E-state index contributed by atoms with van der Waals surface area (Å²) in [6, 6.07) is 0. The third-order valence-electron chi connectivity index (χ3n) is 5.36. The van der Waals surface area contributed by atoms with Crippen LogP contribution in [-0.4, -0.2) is 41.7 Å². The second-order valence-corrected chi connectivity index (χ2v) is 10.5. The molecule has 1 rings (SSSR count). The monoisotopic (exact) mass is 414 g/mol. The molecule has 2 N–H and O–H groups in total. The van der Waals surface area contributed by atoms with E-state index in [9.17, 15) is 9.59 Å². The Morgan fingerprint density at radius 1 is 1.07 bits per heavy atom. The Kier molecular flexibility index (Phi) is 11.3. The third kappa shape index (κ3) is 10.6. The molecule has 1 aliphatic rings. The number of hydrogen-bond donors (Lipinski definition) is 2. The molecule has 0 spiro atoms. The van der Waals surface area contributed by atoms with Crippen LogP contribution in [0, 0.1) is 5.41 Å². The van der Waals surface area contributed by atoms with E-state index in [4.69, 9.17) is 4.74 Å². The Labute approximate surface area is 176 Å². The second-order valence-electron chi connectivity index (χ2n) is 9.11. The molecule has 0 aromatic rings. The van der Waals surface area contributed by atoms with Gasteiger partial charge in [0.25, 0.3) is 0 Å². The summed E-state index contributed by atoms with van der Waals surface area (Å²) < 4.78 is 5.36. The van der Waals surface area contributed by atoms with Crippen LogP contribution >= 0.6 is 11.8 Å². The highest BCUT2D eigenvalue weighted by atomic mass is 32.2. The van der Waals surface area contributed by atoms with Crippen molar-refractivity contribution in [2.75, 3.05) is 18.8 Å². The fraction of sp³-hybridized carbons (Fsp3) is 0.909. The van der Waals surface area contributed by atoms with Crippen LogP contribution < -0.4 is 10.6 Å². The van der Waals surface area contributed by atoms with Gasteiger partial charge in [-0.3, -0.25) is 4.79 Å². The molecule has 0 radical (unpaired) electrons. The smallest absolute Gasteiger partial charge is 0.407 e. The Morgan fingerprint density at radius 2 is 1.71 bits per heavy atom. The summed E-state index contributed by atoms with van der Waals surface area (Å²) in [6.07, 6.45) is 8.95. The highest BCUT2D eigenvalue weighted by Crippen LogP contribution is 2.38. The Bertz CT molecular complexity index is 467. The van der Waals surface area contributed by atoms with Crippen LogP contribution in [0.4, 0.5) is 4.79 Å². The lowest BCUT2D eigenvalue weighted by Gasteiger charge is -2.37. The maximum absolute atomic E-state index is 12.5. The van der Waals surface area contributed by atoms with Crippen LogP contribution in [0.25, 0.3) is 0 Å². The minimum atomic E-state index is -0.506. The molecule has 0 atom stereocenters. The van der Waals surface area contributed by atoms with Crippen molar-refractivity contribution in [3.05, 3.63) is 0 Å². The first-order valence-corrected chi connectivity index (χ1v) is 12.1. The fourth-order valence-electron chi connectivity index (χ4n) is 3.77. The van der Waals surface area contributed by atoms with Crippen LogP contribution in [0.1, 0.15) is 92.4 Å². The van der Waals surface area contributed by atoms with Gasteiger partial charge in [-0.1, -0.05) is 33.1 Å². The molecular weight excluding hydrogens is 372 g/mol. The first kappa shape index (κ1) is 25.1. The van der Waals surface area contributed by atoms with Gasteiger partial charge in [-0.2, -0.15) is 11.8 Å². The number of rotatable bonds is 11. The molecule has 164 valence electrons. The van der Waals surface area contributed by atoms with Crippen molar-refractivity contribution < 1.29 is 14.3 Å². The summed E-state index contributed by atoms with van der Waals surface area (Å²) in [5.41, 5.74) is -0.642. The number of ether oxygens (including phenoxy) is 1. The number of nitrogens with one attached hydrogen (secondary N) is 2. The average Bonchev–Trinajstić information content (AvgIpc) is 2.62. The molecule has 0 aromatic heterocycles. The highest BCUT2D eigenvalue weighted by molar-refractivity contribution is 7.99. The summed E-state index contributed by atoms with van der Waals surface area (Å²) in [5, 5.41) is 6.74. The molecule has 1 aliphatic carbocycles. The summed E-state index contributed by atoms with van der Waals surface area (Å²) in [5.74, 6) is 1.21. The molecule has 5 nitrogen and oxygen atoms in total. The van der Waals surface area contributed by atoms with E-state index in [1.54, 1.807) is 0 Å². The lowest BCUT2D eigenvalue weighted by atomic mass is 9.71. The number of thioether (sulfide) groups is 1. The predicted octanol–water partition coefficient (Wildman–Crippen LogP) is 5.28. The van der Waals surface area contributed by atoms with Crippen molar-refractivity contribution in [2.24, 2.45) is 5.41 Å². The van der Waals surface area contributed by atoms with Crippen LogP contribution in [0.3, 0.4) is 0 Å². The van der Waals surface area contributed by atoms with Gasteiger partial charge < -0.3 is 15.4 Å². The number of alkyl carbamates (subject to hydrolysis) is 1. The molecular formula is C22H42N2O3S. The molecule has 0 bridgehead atoms. The standard InChI is InChI=1S/C22H42N2O3S/c1-6-18(7-2)28-15-11-14-23-19(25)16-22(12-9-8-10-13-22)17-24-20(26)27-21(3,4)5/h18H,6-17H2,1-5H3,(H,23,25)(H,24,26). The van der Waals surface area contributed by atoms with Crippen molar-refractivity contribution in [3.8, 4) is 0 Å². The van der Waals surface area contributed by atoms with Crippen LogP contribution in [0.5, 0.6) is 0 Å². The zero-order valence-corrected chi connectivity index (χ0v) is 19.5. The average molecular weight is 415 g/mol. The molecule has 1 fully saturated rings. The summed E-state index contributed by atoms with van der Waals surface area (Å²) in [7, 11) is 0. The lowest BCUT2D eigenvalue weighted by Crippen LogP contribution is -2.44. The van der Waals surface area contributed by atoms with Crippen molar-refractivity contribution >= 4 is 23.8 Å². The van der Waals surface area contributed by atoms with Crippen molar-refractivity contribution in [1.29, 1.82) is 0 Å². The van der Waals surface area contributed by atoms with Gasteiger partial charge in [0.2, 0.25) is 5.91 Å². The summed E-state index contributed by atoms with van der Waals surface area (Å²) in [6.45, 7) is 11.3. The Balaban J connectivity index is 2.41. The summed E-state index contributed by atoms with van der Waals surface area (Å²) in [4.78, 5) is 24.6. The van der Waals surface area contributed by atoms with E-state index in [2.05, 4.69) is 24.5 Å². The molecule has 0 unspecified atom stereocenters. The molecule has 0 heterocycles. The van der Waals surface area contributed by atoms with E-state index >= 15 is 0 Å². The van der Waals surface area contributed by atoms with E-state index in [1.165, 1.54) is 19.3 Å². The number of carbonyl (C=O) groups excluding carboxylic acids is 2. The van der Waals surface area contributed by atoms with E-state index in [0.717, 1.165) is 49.7 Å². The van der Waals surface area contributed by atoms with Crippen LogP contribution in [-0.2, 0) is 9.53 Å². The van der Waals surface area contributed by atoms with Crippen molar-refractivity contribution in [2.45, 2.75) is 103 Å². The van der Waals surface area contributed by atoms with E-state index < -0.39 is 11.7 Å². The zero-order chi connectivity index (χ0) is 21.0. The first-order valence-electron chi connectivity index (χ1n) is 11.0. The number of hydrogen-bond acceptors (Lipinski definition) is 4. The van der Waals surface area contributed by atoms with Crippen molar-refractivity contribution in [1.82, 2.24) is 10.6 Å². The third-order valence-corrected chi connectivity index (χ3v) is 7.03. The molecule has 0 saturated heterocycles. The van der Waals surface area contributed by atoms with Gasteiger partial charge >= 0.3 is 6.09 Å². The molecule has 6 heteroatoms. The van der Waals surface area contributed by atoms with Gasteiger partial charge in [0.05, 0.1) is 0 Å². The zero-order valence-electron chi connectivity index (χ0n) is 18.7. The predicted molar refractivity (Wildman–Crippen MR) is 119 cm³/mol. The molecule has 2 amide bonds. The molecule has 0 aromatic carbocycles. The van der Waals surface area contributed by atoms with Gasteiger partial charge in [-0.15, -0.1) is 0 Å². The van der Waals surface area contributed by atoms with Crippen LogP contribution in [0.15, 0.2) is 0 Å².